The molecule has 17 heavy (non-hydrogen) atoms. The second-order valence-corrected chi connectivity index (χ2v) is 4.64. The van der Waals surface area contributed by atoms with Crippen molar-refractivity contribution in [3.8, 4) is 11.5 Å². The fraction of sp³-hybridized carbons (Fsp3) is 0.500. The summed E-state index contributed by atoms with van der Waals surface area (Å²) in [4.78, 5) is 0. The Morgan fingerprint density at radius 2 is 1.76 bits per heavy atom. The fourth-order valence-electron chi connectivity index (χ4n) is 2.25. The Bertz CT molecular complexity index is 441. The van der Waals surface area contributed by atoms with E-state index in [-0.39, 0.29) is 0 Å². The van der Waals surface area contributed by atoms with Crippen molar-refractivity contribution in [2.75, 3.05) is 28.4 Å². The highest BCUT2D eigenvalue weighted by atomic mass is 79.9. The van der Waals surface area contributed by atoms with Crippen LogP contribution in [0.4, 0.5) is 0 Å². The quantitative estimate of drug-likeness (QED) is 0.801. The van der Waals surface area contributed by atoms with Crippen molar-refractivity contribution in [3.05, 3.63) is 21.7 Å². The SMILES string of the molecule is COc1cc(Br)c(OC)c2c1CC2(OC)OC. The van der Waals surface area contributed by atoms with Crippen molar-refractivity contribution in [3.63, 3.8) is 0 Å². The number of halogens is 1. The van der Waals surface area contributed by atoms with E-state index in [1.165, 1.54) is 0 Å². The smallest absolute Gasteiger partial charge is 0.202 e. The van der Waals surface area contributed by atoms with Crippen LogP contribution in [0.1, 0.15) is 11.1 Å². The van der Waals surface area contributed by atoms with E-state index in [4.69, 9.17) is 18.9 Å². The van der Waals surface area contributed by atoms with Crippen molar-refractivity contribution in [1.82, 2.24) is 0 Å². The van der Waals surface area contributed by atoms with Crippen LogP contribution in [0.5, 0.6) is 11.5 Å². The molecule has 1 aliphatic carbocycles. The summed E-state index contributed by atoms with van der Waals surface area (Å²) < 4.78 is 22.5. The number of rotatable bonds is 4. The Morgan fingerprint density at radius 3 is 2.24 bits per heavy atom. The van der Waals surface area contributed by atoms with E-state index in [2.05, 4.69) is 15.9 Å². The zero-order chi connectivity index (χ0) is 12.6. The van der Waals surface area contributed by atoms with Crippen LogP contribution < -0.4 is 9.47 Å². The molecule has 1 aliphatic rings. The molecule has 0 saturated carbocycles. The summed E-state index contributed by atoms with van der Waals surface area (Å²) in [6.07, 6.45) is 0.655. The molecule has 1 aromatic carbocycles. The molecule has 5 heteroatoms. The summed E-state index contributed by atoms with van der Waals surface area (Å²) in [5, 5.41) is 0. The highest BCUT2D eigenvalue weighted by Crippen LogP contribution is 2.53. The molecule has 0 amide bonds. The largest absolute Gasteiger partial charge is 0.496 e. The van der Waals surface area contributed by atoms with Crippen LogP contribution in [-0.4, -0.2) is 28.4 Å². The van der Waals surface area contributed by atoms with Gasteiger partial charge in [0.25, 0.3) is 0 Å². The molecule has 0 atom stereocenters. The Hall–Kier alpha value is -0.780. The van der Waals surface area contributed by atoms with E-state index in [0.717, 1.165) is 27.1 Å². The van der Waals surface area contributed by atoms with Gasteiger partial charge in [0.2, 0.25) is 5.79 Å². The maximum Gasteiger partial charge on any atom is 0.202 e. The predicted octanol–water partition coefficient (Wildman–Crippen LogP) is 2.47. The molecule has 0 spiro atoms. The van der Waals surface area contributed by atoms with Crippen LogP contribution >= 0.6 is 15.9 Å². The van der Waals surface area contributed by atoms with E-state index in [0.29, 0.717) is 6.42 Å². The van der Waals surface area contributed by atoms with Gasteiger partial charge in [0.05, 0.1) is 24.3 Å². The van der Waals surface area contributed by atoms with Crippen LogP contribution in [0.2, 0.25) is 0 Å². The molecule has 0 aliphatic heterocycles. The third-order valence-corrected chi connectivity index (χ3v) is 3.76. The normalized spacial score (nSPS) is 16.1. The minimum Gasteiger partial charge on any atom is -0.496 e. The lowest BCUT2D eigenvalue weighted by Gasteiger charge is -2.42. The standard InChI is InChI=1S/C12H15BrO4/c1-14-9-5-8(13)11(15-2)10-7(9)6-12(10,16-3)17-4/h5H,6H2,1-4H3. The molecule has 0 unspecified atom stereocenters. The van der Waals surface area contributed by atoms with Gasteiger partial charge >= 0.3 is 0 Å². The van der Waals surface area contributed by atoms with Gasteiger partial charge in [-0.15, -0.1) is 0 Å². The van der Waals surface area contributed by atoms with Gasteiger partial charge in [-0.2, -0.15) is 0 Å². The molecule has 0 fully saturated rings. The Labute approximate surface area is 109 Å². The lowest BCUT2D eigenvalue weighted by atomic mass is 9.80. The van der Waals surface area contributed by atoms with Crippen LogP contribution in [0.3, 0.4) is 0 Å². The number of hydrogen-bond donors (Lipinski definition) is 0. The lowest BCUT2D eigenvalue weighted by Crippen LogP contribution is -2.43. The first-order valence-corrected chi connectivity index (χ1v) is 5.97. The Morgan fingerprint density at radius 1 is 1.12 bits per heavy atom. The predicted molar refractivity (Wildman–Crippen MR) is 66.6 cm³/mol. The maximum absolute atomic E-state index is 5.47. The number of hydrogen-bond acceptors (Lipinski definition) is 4. The second-order valence-electron chi connectivity index (χ2n) is 3.79. The summed E-state index contributed by atoms with van der Waals surface area (Å²) in [7, 11) is 6.52. The van der Waals surface area contributed by atoms with Gasteiger partial charge in [0.1, 0.15) is 11.5 Å². The van der Waals surface area contributed by atoms with Crippen molar-refractivity contribution in [2.45, 2.75) is 12.2 Å². The first-order chi connectivity index (χ1) is 8.13. The fourth-order valence-corrected chi connectivity index (χ4v) is 2.82. The molecule has 94 valence electrons. The summed E-state index contributed by atoms with van der Waals surface area (Å²) in [5.74, 6) is 0.825. The van der Waals surface area contributed by atoms with Crippen LogP contribution in [-0.2, 0) is 21.7 Å². The molecule has 0 N–H and O–H groups in total. The van der Waals surface area contributed by atoms with Gasteiger partial charge in [-0.1, -0.05) is 0 Å². The number of fused-ring (bicyclic) bond motifs is 1. The third kappa shape index (κ3) is 1.64. The van der Waals surface area contributed by atoms with E-state index >= 15 is 0 Å². The molecule has 1 aromatic rings. The van der Waals surface area contributed by atoms with Crippen molar-refractivity contribution in [1.29, 1.82) is 0 Å². The van der Waals surface area contributed by atoms with Crippen molar-refractivity contribution < 1.29 is 18.9 Å². The van der Waals surface area contributed by atoms with E-state index in [9.17, 15) is 0 Å². The Kier molecular flexibility index (Phi) is 3.34. The molecule has 0 saturated heterocycles. The van der Waals surface area contributed by atoms with Crippen LogP contribution in [0.25, 0.3) is 0 Å². The van der Waals surface area contributed by atoms with Crippen molar-refractivity contribution >= 4 is 15.9 Å². The number of methoxy groups -OCH3 is 4. The molecule has 0 aromatic heterocycles. The minimum absolute atomic E-state index is 0.655. The summed E-state index contributed by atoms with van der Waals surface area (Å²) in [6.45, 7) is 0. The second kappa shape index (κ2) is 4.48. The Balaban J connectivity index is 2.63. The number of ether oxygens (including phenoxy) is 4. The molecular weight excluding hydrogens is 288 g/mol. The first kappa shape index (κ1) is 12.7. The third-order valence-electron chi connectivity index (χ3n) is 3.17. The molecular formula is C12H15BrO4. The van der Waals surface area contributed by atoms with Gasteiger partial charge in [0, 0.05) is 26.2 Å². The van der Waals surface area contributed by atoms with Gasteiger partial charge in [-0.25, -0.2) is 0 Å². The zero-order valence-corrected chi connectivity index (χ0v) is 11.9. The van der Waals surface area contributed by atoms with E-state index in [1.807, 2.05) is 6.07 Å². The van der Waals surface area contributed by atoms with Gasteiger partial charge in [-0.3, -0.25) is 0 Å². The highest BCUT2D eigenvalue weighted by molar-refractivity contribution is 9.10. The molecule has 0 heterocycles. The molecule has 0 radical (unpaired) electrons. The first-order valence-electron chi connectivity index (χ1n) is 5.17. The van der Waals surface area contributed by atoms with E-state index < -0.39 is 5.79 Å². The molecule has 0 bridgehead atoms. The zero-order valence-electron chi connectivity index (χ0n) is 10.3. The maximum atomic E-state index is 5.47. The number of benzene rings is 1. The van der Waals surface area contributed by atoms with Gasteiger partial charge in [0.15, 0.2) is 0 Å². The van der Waals surface area contributed by atoms with Crippen molar-refractivity contribution in [2.24, 2.45) is 0 Å². The monoisotopic (exact) mass is 302 g/mol. The van der Waals surface area contributed by atoms with Crippen LogP contribution in [0, 0.1) is 0 Å². The minimum atomic E-state index is -0.724. The average molecular weight is 303 g/mol. The summed E-state index contributed by atoms with van der Waals surface area (Å²) in [6, 6.07) is 1.90. The molecule has 2 rings (SSSR count). The van der Waals surface area contributed by atoms with Crippen LogP contribution in [0.15, 0.2) is 10.5 Å². The summed E-state index contributed by atoms with van der Waals surface area (Å²) in [5.41, 5.74) is 1.97. The lowest BCUT2D eigenvalue weighted by molar-refractivity contribution is -0.232. The average Bonchev–Trinajstić information content (AvgIpc) is 2.33. The highest BCUT2D eigenvalue weighted by Gasteiger charge is 2.49. The van der Waals surface area contributed by atoms with Gasteiger partial charge < -0.3 is 18.9 Å². The topological polar surface area (TPSA) is 36.9 Å². The van der Waals surface area contributed by atoms with Gasteiger partial charge in [-0.05, 0) is 22.0 Å². The van der Waals surface area contributed by atoms with E-state index in [1.54, 1.807) is 28.4 Å². The molecule has 4 nitrogen and oxygen atoms in total. The summed E-state index contributed by atoms with van der Waals surface area (Å²) >= 11 is 3.46.